The first-order valence-electron chi connectivity index (χ1n) is 5.03. The van der Waals surface area contributed by atoms with Crippen LogP contribution in [0.2, 0.25) is 5.02 Å². The molecule has 0 heterocycles. The third-order valence-electron chi connectivity index (χ3n) is 1.94. The largest absolute Gasteiger partial charge is 0.338 e. The Morgan fingerprint density at radius 3 is 2.82 bits per heavy atom. The number of rotatable bonds is 4. The van der Waals surface area contributed by atoms with Crippen LogP contribution in [0, 0.1) is 10.1 Å². The summed E-state index contributed by atoms with van der Waals surface area (Å²) in [6, 6.07) is 3.69. The lowest BCUT2D eigenvalue weighted by Gasteiger charge is -2.06. The van der Waals surface area contributed by atoms with Crippen LogP contribution in [-0.2, 0) is 0 Å². The number of hydrogen-bond acceptors (Lipinski definition) is 3. The Labute approximate surface area is 103 Å². The van der Waals surface area contributed by atoms with E-state index < -0.39 is 11.0 Å². The van der Waals surface area contributed by atoms with Crippen molar-refractivity contribution in [3.8, 4) is 0 Å². The Morgan fingerprint density at radius 1 is 1.53 bits per heavy atom. The van der Waals surface area contributed by atoms with Crippen LogP contribution in [0.3, 0.4) is 0 Å². The zero-order valence-electron chi connectivity index (χ0n) is 9.20. The molecule has 0 bridgehead atoms. The Kier molecular flexibility index (Phi) is 4.71. The highest BCUT2D eigenvalue weighted by Crippen LogP contribution is 2.27. The summed E-state index contributed by atoms with van der Waals surface area (Å²) < 4.78 is 0. The van der Waals surface area contributed by atoms with Crippen LogP contribution < -0.4 is 10.6 Å². The second-order valence-corrected chi connectivity index (χ2v) is 3.71. The number of amides is 2. The predicted molar refractivity (Wildman–Crippen MR) is 65.4 cm³/mol. The van der Waals surface area contributed by atoms with Gasteiger partial charge in [-0.2, -0.15) is 0 Å². The molecule has 92 valence electrons. The lowest BCUT2D eigenvalue weighted by atomic mass is 10.3. The zero-order valence-corrected chi connectivity index (χ0v) is 9.95. The highest BCUT2D eigenvalue weighted by atomic mass is 35.5. The van der Waals surface area contributed by atoms with Gasteiger partial charge in [0.2, 0.25) is 0 Å². The van der Waals surface area contributed by atoms with Gasteiger partial charge < -0.3 is 10.6 Å². The van der Waals surface area contributed by atoms with Crippen LogP contribution in [0.1, 0.15) is 13.3 Å². The summed E-state index contributed by atoms with van der Waals surface area (Å²) in [5.41, 5.74) is 0.0923. The summed E-state index contributed by atoms with van der Waals surface area (Å²) in [7, 11) is 0. The predicted octanol–water partition coefficient (Wildman–Crippen LogP) is 2.78. The van der Waals surface area contributed by atoms with Gasteiger partial charge in [-0.15, -0.1) is 0 Å². The average Bonchev–Trinajstić information content (AvgIpc) is 2.28. The molecule has 6 nitrogen and oxygen atoms in total. The molecule has 0 unspecified atom stereocenters. The number of nitro benzene ring substituents is 1. The number of nitrogens with zero attached hydrogens (tertiary/aromatic N) is 1. The Bertz CT molecular complexity index is 437. The summed E-state index contributed by atoms with van der Waals surface area (Å²) in [6.45, 7) is 2.47. The monoisotopic (exact) mass is 257 g/mol. The van der Waals surface area contributed by atoms with Gasteiger partial charge in [0.05, 0.1) is 4.92 Å². The first-order chi connectivity index (χ1) is 8.04. The summed E-state index contributed by atoms with van der Waals surface area (Å²) in [6.07, 6.45) is 0.814. The molecule has 0 saturated heterocycles. The number of benzene rings is 1. The van der Waals surface area contributed by atoms with E-state index in [1.54, 1.807) is 0 Å². The lowest BCUT2D eigenvalue weighted by Crippen LogP contribution is -2.29. The molecule has 0 aliphatic carbocycles. The summed E-state index contributed by atoms with van der Waals surface area (Å²) in [4.78, 5) is 21.3. The first-order valence-corrected chi connectivity index (χ1v) is 5.41. The fraction of sp³-hybridized carbons (Fsp3) is 0.300. The highest BCUT2D eigenvalue weighted by molar-refractivity contribution is 6.32. The fourth-order valence-electron chi connectivity index (χ4n) is 1.14. The van der Waals surface area contributed by atoms with E-state index in [4.69, 9.17) is 11.6 Å². The van der Waals surface area contributed by atoms with E-state index in [9.17, 15) is 14.9 Å². The minimum Gasteiger partial charge on any atom is -0.338 e. The summed E-state index contributed by atoms with van der Waals surface area (Å²) in [5.74, 6) is 0. The van der Waals surface area contributed by atoms with Crippen LogP contribution in [0.15, 0.2) is 18.2 Å². The van der Waals surface area contributed by atoms with Crippen molar-refractivity contribution >= 4 is 29.0 Å². The van der Waals surface area contributed by atoms with Crippen LogP contribution >= 0.6 is 11.6 Å². The van der Waals surface area contributed by atoms with Gasteiger partial charge >= 0.3 is 6.03 Å². The normalized spacial score (nSPS) is 9.76. The van der Waals surface area contributed by atoms with Gasteiger partial charge in [-0.1, -0.05) is 18.5 Å². The van der Waals surface area contributed by atoms with E-state index in [2.05, 4.69) is 10.6 Å². The number of nitro groups is 1. The van der Waals surface area contributed by atoms with Crippen molar-refractivity contribution in [1.82, 2.24) is 5.32 Å². The smallest absolute Gasteiger partial charge is 0.319 e. The molecule has 2 N–H and O–H groups in total. The highest BCUT2D eigenvalue weighted by Gasteiger charge is 2.13. The van der Waals surface area contributed by atoms with Gasteiger partial charge in [0.15, 0.2) is 0 Å². The van der Waals surface area contributed by atoms with E-state index in [0.29, 0.717) is 12.2 Å². The number of nitrogens with one attached hydrogen (secondary N) is 2. The first kappa shape index (κ1) is 13.2. The minimum absolute atomic E-state index is 0.0366. The molecule has 0 aliphatic rings. The average molecular weight is 258 g/mol. The number of halogens is 1. The van der Waals surface area contributed by atoms with Crippen molar-refractivity contribution in [2.75, 3.05) is 11.9 Å². The second-order valence-electron chi connectivity index (χ2n) is 3.30. The van der Waals surface area contributed by atoms with Gasteiger partial charge in [-0.05, 0) is 18.6 Å². The van der Waals surface area contributed by atoms with Gasteiger partial charge in [0.1, 0.15) is 5.02 Å². The van der Waals surface area contributed by atoms with Crippen LogP contribution in [0.25, 0.3) is 0 Å². The molecule has 0 saturated carbocycles. The Hall–Kier alpha value is -1.82. The van der Waals surface area contributed by atoms with E-state index in [1.807, 2.05) is 6.92 Å². The molecule has 0 aliphatic heterocycles. The van der Waals surface area contributed by atoms with Gasteiger partial charge in [0.25, 0.3) is 5.69 Å². The molecule has 1 rings (SSSR count). The second kappa shape index (κ2) is 6.05. The van der Waals surface area contributed by atoms with Crippen LogP contribution in [0.4, 0.5) is 16.2 Å². The summed E-state index contributed by atoms with van der Waals surface area (Å²) in [5, 5.41) is 15.7. The van der Waals surface area contributed by atoms with Gasteiger partial charge in [0, 0.05) is 18.3 Å². The Morgan fingerprint density at radius 2 is 2.24 bits per heavy atom. The third-order valence-corrected chi connectivity index (χ3v) is 2.26. The van der Waals surface area contributed by atoms with Crippen LogP contribution in [-0.4, -0.2) is 17.5 Å². The molecule has 0 fully saturated rings. The van der Waals surface area contributed by atoms with Crippen molar-refractivity contribution in [3.63, 3.8) is 0 Å². The molecule has 2 amide bonds. The molecule has 1 aromatic rings. The fourth-order valence-corrected chi connectivity index (χ4v) is 1.33. The maximum atomic E-state index is 11.3. The van der Waals surface area contributed by atoms with Crippen molar-refractivity contribution in [3.05, 3.63) is 33.3 Å². The van der Waals surface area contributed by atoms with Crippen molar-refractivity contribution in [1.29, 1.82) is 0 Å². The number of anilines is 1. The molecule has 1 aromatic carbocycles. The number of hydrogen-bond donors (Lipinski definition) is 2. The summed E-state index contributed by atoms with van der Waals surface area (Å²) >= 11 is 5.64. The number of urea groups is 1. The molecular formula is C10H12ClN3O3. The molecular weight excluding hydrogens is 246 g/mol. The molecule has 0 aromatic heterocycles. The molecule has 7 heteroatoms. The lowest BCUT2D eigenvalue weighted by molar-refractivity contribution is -0.384. The van der Waals surface area contributed by atoms with E-state index >= 15 is 0 Å². The standard InChI is InChI=1S/C10H12ClN3O3/c1-2-5-12-10(15)13-7-3-4-8(11)9(6-7)14(16)17/h3-4,6H,2,5H2,1H3,(H2,12,13,15). The van der Waals surface area contributed by atoms with E-state index in [-0.39, 0.29) is 10.7 Å². The Balaban J connectivity index is 2.75. The number of carbonyl (C=O) groups excluding carboxylic acids is 1. The zero-order chi connectivity index (χ0) is 12.8. The SMILES string of the molecule is CCCNC(=O)Nc1ccc(Cl)c([N+](=O)[O-])c1. The quantitative estimate of drug-likeness (QED) is 0.642. The molecule has 0 radical (unpaired) electrons. The molecule has 0 spiro atoms. The molecule has 17 heavy (non-hydrogen) atoms. The van der Waals surface area contributed by atoms with Crippen molar-refractivity contribution < 1.29 is 9.72 Å². The van der Waals surface area contributed by atoms with Crippen LogP contribution in [0.5, 0.6) is 0 Å². The van der Waals surface area contributed by atoms with Crippen molar-refractivity contribution in [2.24, 2.45) is 0 Å². The minimum atomic E-state index is -0.600. The van der Waals surface area contributed by atoms with Gasteiger partial charge in [-0.3, -0.25) is 10.1 Å². The van der Waals surface area contributed by atoms with Crippen molar-refractivity contribution in [2.45, 2.75) is 13.3 Å². The topological polar surface area (TPSA) is 84.3 Å². The van der Waals surface area contributed by atoms with E-state index in [1.165, 1.54) is 18.2 Å². The number of carbonyl (C=O) groups is 1. The van der Waals surface area contributed by atoms with E-state index in [0.717, 1.165) is 6.42 Å². The third kappa shape index (κ3) is 3.92. The maximum absolute atomic E-state index is 11.3. The molecule has 0 atom stereocenters. The maximum Gasteiger partial charge on any atom is 0.319 e. The van der Waals surface area contributed by atoms with Gasteiger partial charge in [-0.25, -0.2) is 4.79 Å².